The van der Waals surface area contributed by atoms with E-state index >= 15 is 0 Å². The van der Waals surface area contributed by atoms with Crippen LogP contribution in [0.25, 0.3) is 0 Å². The zero-order valence-electron chi connectivity index (χ0n) is 11.7. The highest BCUT2D eigenvalue weighted by molar-refractivity contribution is 7.11. The number of hydrogen-bond acceptors (Lipinski definition) is 3. The summed E-state index contributed by atoms with van der Waals surface area (Å²) in [5, 5.41) is 4.52. The van der Waals surface area contributed by atoms with E-state index in [2.05, 4.69) is 10.3 Å². The standard InChI is InChI=1S/C16H17ClN2OS/c17-12-6-2-1-5-11(12)16(20)18-10-9-15-19-13-7-3-4-8-14(13)21-15/h1-2,5-6H,3-4,7-10H2,(H,18,20). The number of fused-ring (bicyclic) bond motifs is 1. The Kier molecular flexibility index (Phi) is 4.56. The van der Waals surface area contributed by atoms with E-state index in [9.17, 15) is 4.79 Å². The van der Waals surface area contributed by atoms with Gasteiger partial charge in [-0.05, 0) is 37.8 Å². The molecule has 1 aromatic carbocycles. The largest absolute Gasteiger partial charge is 0.352 e. The molecule has 3 rings (SSSR count). The Balaban J connectivity index is 1.55. The lowest BCUT2D eigenvalue weighted by Gasteiger charge is -2.06. The van der Waals surface area contributed by atoms with Crippen LogP contribution in [0.5, 0.6) is 0 Å². The first-order chi connectivity index (χ1) is 10.2. The number of nitrogens with zero attached hydrogens (tertiary/aromatic N) is 1. The van der Waals surface area contributed by atoms with E-state index in [4.69, 9.17) is 11.6 Å². The number of nitrogens with one attached hydrogen (secondary N) is 1. The summed E-state index contributed by atoms with van der Waals surface area (Å²) in [6.07, 6.45) is 5.59. The molecule has 21 heavy (non-hydrogen) atoms. The van der Waals surface area contributed by atoms with Crippen LogP contribution in [-0.2, 0) is 19.3 Å². The lowest BCUT2D eigenvalue weighted by atomic mass is 10.0. The van der Waals surface area contributed by atoms with Crippen LogP contribution in [0.15, 0.2) is 24.3 Å². The van der Waals surface area contributed by atoms with Crippen molar-refractivity contribution in [3.8, 4) is 0 Å². The van der Waals surface area contributed by atoms with Crippen LogP contribution in [0.1, 0.15) is 38.8 Å². The number of aryl methyl sites for hydroxylation is 2. The second-order valence-corrected chi connectivity index (χ2v) is 6.75. The zero-order chi connectivity index (χ0) is 14.7. The number of benzene rings is 1. The summed E-state index contributed by atoms with van der Waals surface area (Å²) in [5.41, 5.74) is 1.80. The summed E-state index contributed by atoms with van der Waals surface area (Å²) in [5.74, 6) is -0.123. The van der Waals surface area contributed by atoms with Gasteiger partial charge in [-0.15, -0.1) is 11.3 Å². The van der Waals surface area contributed by atoms with Gasteiger partial charge in [-0.25, -0.2) is 4.98 Å². The smallest absolute Gasteiger partial charge is 0.252 e. The number of rotatable bonds is 4. The third kappa shape index (κ3) is 3.44. The molecular formula is C16H17ClN2OS. The summed E-state index contributed by atoms with van der Waals surface area (Å²) in [6, 6.07) is 7.10. The van der Waals surface area contributed by atoms with Crippen molar-refractivity contribution in [1.29, 1.82) is 0 Å². The molecule has 110 valence electrons. The second-order valence-electron chi connectivity index (χ2n) is 5.17. The molecule has 1 aliphatic rings. The van der Waals surface area contributed by atoms with Crippen LogP contribution < -0.4 is 5.32 Å². The normalized spacial score (nSPS) is 13.8. The van der Waals surface area contributed by atoms with E-state index in [0.29, 0.717) is 17.1 Å². The Morgan fingerprint density at radius 3 is 2.90 bits per heavy atom. The average molecular weight is 321 g/mol. The first-order valence-corrected chi connectivity index (χ1v) is 8.43. The van der Waals surface area contributed by atoms with Crippen molar-refractivity contribution in [2.45, 2.75) is 32.1 Å². The molecule has 1 heterocycles. The number of halogens is 1. The van der Waals surface area contributed by atoms with Gasteiger partial charge in [0.05, 0.1) is 21.3 Å². The minimum atomic E-state index is -0.123. The van der Waals surface area contributed by atoms with Gasteiger partial charge < -0.3 is 5.32 Å². The molecular weight excluding hydrogens is 304 g/mol. The molecule has 0 saturated carbocycles. The van der Waals surface area contributed by atoms with Gasteiger partial charge in [-0.1, -0.05) is 23.7 Å². The van der Waals surface area contributed by atoms with E-state index < -0.39 is 0 Å². The molecule has 3 nitrogen and oxygen atoms in total. The van der Waals surface area contributed by atoms with Gasteiger partial charge in [0, 0.05) is 17.8 Å². The van der Waals surface area contributed by atoms with Gasteiger partial charge in [-0.2, -0.15) is 0 Å². The van der Waals surface area contributed by atoms with Crippen LogP contribution in [0.2, 0.25) is 5.02 Å². The van der Waals surface area contributed by atoms with E-state index in [-0.39, 0.29) is 5.91 Å². The highest BCUT2D eigenvalue weighted by Gasteiger charge is 2.15. The summed E-state index contributed by atoms with van der Waals surface area (Å²) in [6.45, 7) is 0.594. The van der Waals surface area contributed by atoms with E-state index in [0.717, 1.165) is 17.8 Å². The van der Waals surface area contributed by atoms with Gasteiger partial charge in [0.15, 0.2) is 0 Å². The first-order valence-electron chi connectivity index (χ1n) is 7.24. The minimum absolute atomic E-state index is 0.123. The van der Waals surface area contributed by atoms with Crippen molar-refractivity contribution >= 4 is 28.8 Å². The molecule has 1 aromatic heterocycles. The highest BCUT2D eigenvalue weighted by atomic mass is 35.5. The molecule has 1 amide bonds. The predicted octanol–water partition coefficient (Wildman–Crippen LogP) is 3.65. The van der Waals surface area contributed by atoms with Crippen LogP contribution in [-0.4, -0.2) is 17.4 Å². The SMILES string of the molecule is O=C(NCCc1nc2c(s1)CCCC2)c1ccccc1Cl. The van der Waals surface area contributed by atoms with Gasteiger partial charge in [0.1, 0.15) is 0 Å². The minimum Gasteiger partial charge on any atom is -0.352 e. The maximum atomic E-state index is 12.0. The monoisotopic (exact) mass is 320 g/mol. The fourth-order valence-electron chi connectivity index (χ4n) is 2.54. The molecule has 0 spiro atoms. The summed E-state index contributed by atoms with van der Waals surface area (Å²) in [4.78, 5) is 18.2. The number of amides is 1. The van der Waals surface area contributed by atoms with Crippen molar-refractivity contribution in [3.63, 3.8) is 0 Å². The number of carbonyl (C=O) groups excluding carboxylic acids is 1. The molecule has 0 unspecified atom stereocenters. The Hall–Kier alpha value is -1.39. The topological polar surface area (TPSA) is 42.0 Å². The second kappa shape index (κ2) is 6.58. The summed E-state index contributed by atoms with van der Waals surface area (Å²) < 4.78 is 0. The van der Waals surface area contributed by atoms with Gasteiger partial charge in [-0.3, -0.25) is 4.79 Å². The molecule has 0 bridgehead atoms. The Morgan fingerprint density at radius 2 is 2.10 bits per heavy atom. The quantitative estimate of drug-likeness (QED) is 0.934. The van der Waals surface area contributed by atoms with Crippen LogP contribution in [0.3, 0.4) is 0 Å². The molecule has 0 saturated heterocycles. The molecule has 0 radical (unpaired) electrons. The molecule has 5 heteroatoms. The lowest BCUT2D eigenvalue weighted by molar-refractivity contribution is 0.0954. The van der Waals surface area contributed by atoms with Gasteiger partial charge in [0.2, 0.25) is 0 Å². The molecule has 1 aliphatic carbocycles. The van der Waals surface area contributed by atoms with Crippen LogP contribution in [0, 0.1) is 0 Å². The van der Waals surface area contributed by atoms with Crippen molar-refractivity contribution < 1.29 is 4.79 Å². The lowest BCUT2D eigenvalue weighted by Crippen LogP contribution is -2.25. The van der Waals surface area contributed by atoms with Crippen LogP contribution in [0.4, 0.5) is 0 Å². The van der Waals surface area contributed by atoms with Crippen molar-refractivity contribution in [3.05, 3.63) is 50.4 Å². The van der Waals surface area contributed by atoms with Crippen molar-refractivity contribution in [2.75, 3.05) is 6.54 Å². The predicted molar refractivity (Wildman–Crippen MR) is 86.2 cm³/mol. The summed E-state index contributed by atoms with van der Waals surface area (Å²) >= 11 is 7.81. The fourth-order valence-corrected chi connectivity index (χ4v) is 3.91. The third-order valence-electron chi connectivity index (χ3n) is 3.63. The van der Waals surface area contributed by atoms with E-state index in [1.807, 2.05) is 12.1 Å². The first kappa shape index (κ1) is 14.5. The maximum absolute atomic E-state index is 12.0. The number of thiazole rings is 1. The Morgan fingerprint density at radius 1 is 1.29 bits per heavy atom. The Labute approximate surface area is 133 Å². The molecule has 0 aliphatic heterocycles. The summed E-state index contributed by atoms with van der Waals surface area (Å²) in [7, 11) is 0. The third-order valence-corrected chi connectivity index (χ3v) is 5.18. The Bertz CT molecular complexity index is 630. The van der Waals surface area contributed by atoms with Crippen LogP contribution >= 0.6 is 22.9 Å². The van der Waals surface area contributed by atoms with E-state index in [1.54, 1.807) is 23.5 Å². The number of hydrogen-bond donors (Lipinski definition) is 1. The van der Waals surface area contributed by atoms with Gasteiger partial charge >= 0.3 is 0 Å². The molecule has 2 aromatic rings. The number of aromatic nitrogens is 1. The van der Waals surface area contributed by atoms with Crippen molar-refractivity contribution in [2.24, 2.45) is 0 Å². The maximum Gasteiger partial charge on any atom is 0.252 e. The average Bonchev–Trinajstić information content (AvgIpc) is 2.90. The number of carbonyl (C=O) groups is 1. The highest BCUT2D eigenvalue weighted by Crippen LogP contribution is 2.26. The molecule has 0 fully saturated rings. The fraction of sp³-hybridized carbons (Fsp3) is 0.375. The van der Waals surface area contributed by atoms with Crippen molar-refractivity contribution in [1.82, 2.24) is 10.3 Å². The molecule has 1 N–H and O–H groups in total. The zero-order valence-corrected chi connectivity index (χ0v) is 13.3. The molecule has 0 atom stereocenters. The van der Waals surface area contributed by atoms with E-state index in [1.165, 1.54) is 29.8 Å². The van der Waals surface area contributed by atoms with Gasteiger partial charge in [0.25, 0.3) is 5.91 Å².